The van der Waals surface area contributed by atoms with Crippen LogP contribution in [0.4, 0.5) is 4.39 Å². The summed E-state index contributed by atoms with van der Waals surface area (Å²) in [4.78, 5) is 11.7. The minimum absolute atomic E-state index is 0.149. The van der Waals surface area contributed by atoms with Crippen LogP contribution in [-0.4, -0.2) is 11.9 Å². The molecule has 0 spiro atoms. The zero-order valence-corrected chi connectivity index (χ0v) is 9.90. The zero-order chi connectivity index (χ0) is 11.0. The average Bonchev–Trinajstić information content (AvgIpc) is 2.96. The minimum atomic E-state index is -0.464. The van der Waals surface area contributed by atoms with E-state index in [-0.39, 0.29) is 17.5 Å². The minimum Gasteiger partial charge on any atom is -0.349 e. The first kappa shape index (κ1) is 10.6. The van der Waals surface area contributed by atoms with Crippen molar-refractivity contribution in [3.05, 3.63) is 33.5 Å². The molecule has 0 heterocycles. The van der Waals surface area contributed by atoms with Crippen molar-refractivity contribution in [2.75, 3.05) is 0 Å². The Morgan fingerprint density at radius 3 is 2.80 bits per heavy atom. The molecule has 1 N–H and O–H groups in total. The van der Waals surface area contributed by atoms with Gasteiger partial charge in [-0.2, -0.15) is 0 Å². The summed E-state index contributed by atoms with van der Waals surface area (Å²) >= 11 is 3.28. The third-order valence-corrected chi connectivity index (χ3v) is 3.35. The van der Waals surface area contributed by atoms with Crippen LogP contribution in [0.25, 0.3) is 0 Å². The predicted octanol–water partition coefficient (Wildman–Crippen LogP) is 2.79. The summed E-state index contributed by atoms with van der Waals surface area (Å²) in [6.45, 7) is 1.73. The van der Waals surface area contributed by atoms with Crippen LogP contribution in [0.3, 0.4) is 0 Å². The Bertz CT molecular complexity index is 415. The maximum atomic E-state index is 13.5. The Morgan fingerprint density at radius 2 is 2.20 bits per heavy atom. The normalized spacial score (nSPS) is 15.1. The third-order valence-electron chi connectivity index (χ3n) is 2.49. The molecule has 1 amide bonds. The topological polar surface area (TPSA) is 29.1 Å². The Kier molecular flexibility index (Phi) is 2.78. The third kappa shape index (κ3) is 2.20. The highest BCUT2D eigenvalue weighted by Gasteiger charge is 2.26. The molecule has 0 radical (unpaired) electrons. The first-order chi connectivity index (χ1) is 7.09. The number of rotatable bonds is 2. The van der Waals surface area contributed by atoms with Crippen molar-refractivity contribution in [3.63, 3.8) is 0 Å². The molecule has 80 valence electrons. The molecule has 2 nitrogen and oxygen atoms in total. The van der Waals surface area contributed by atoms with Gasteiger partial charge in [-0.15, -0.1) is 0 Å². The number of carbonyl (C=O) groups excluding carboxylic acids is 1. The molecule has 0 aliphatic heterocycles. The lowest BCUT2D eigenvalue weighted by Gasteiger charge is -2.09. The Hall–Kier alpha value is -0.900. The lowest BCUT2D eigenvalue weighted by Crippen LogP contribution is -2.27. The maximum absolute atomic E-state index is 13.5. The van der Waals surface area contributed by atoms with E-state index in [4.69, 9.17) is 0 Å². The molecule has 0 atom stereocenters. The molecular formula is C11H11BrFNO. The van der Waals surface area contributed by atoms with Crippen LogP contribution in [0.5, 0.6) is 0 Å². The van der Waals surface area contributed by atoms with Crippen LogP contribution in [0.15, 0.2) is 16.6 Å². The summed E-state index contributed by atoms with van der Waals surface area (Å²) in [6, 6.07) is 3.16. The van der Waals surface area contributed by atoms with Gasteiger partial charge in [0, 0.05) is 10.5 Å². The van der Waals surface area contributed by atoms with E-state index in [0.29, 0.717) is 5.56 Å². The summed E-state index contributed by atoms with van der Waals surface area (Å²) in [5.74, 6) is -0.775. The number of amides is 1. The molecule has 15 heavy (non-hydrogen) atoms. The van der Waals surface area contributed by atoms with Gasteiger partial charge in [-0.1, -0.05) is 15.9 Å². The summed E-state index contributed by atoms with van der Waals surface area (Å²) < 4.78 is 14.2. The number of nitrogens with one attached hydrogen (secondary N) is 1. The highest BCUT2D eigenvalue weighted by atomic mass is 79.9. The molecule has 4 heteroatoms. The van der Waals surface area contributed by atoms with E-state index in [1.54, 1.807) is 13.0 Å². The highest BCUT2D eigenvalue weighted by molar-refractivity contribution is 9.10. The molecule has 1 aliphatic carbocycles. The maximum Gasteiger partial charge on any atom is 0.254 e. The summed E-state index contributed by atoms with van der Waals surface area (Å²) in [7, 11) is 0. The molecule has 0 bridgehead atoms. The first-order valence-electron chi connectivity index (χ1n) is 4.85. The summed E-state index contributed by atoms with van der Waals surface area (Å²) in [5.41, 5.74) is 0.796. The van der Waals surface area contributed by atoms with E-state index in [1.165, 1.54) is 6.07 Å². The van der Waals surface area contributed by atoms with E-state index in [0.717, 1.165) is 17.3 Å². The number of halogens is 2. The van der Waals surface area contributed by atoms with Crippen LogP contribution >= 0.6 is 15.9 Å². The number of carbonyl (C=O) groups is 1. The zero-order valence-electron chi connectivity index (χ0n) is 8.31. The van der Waals surface area contributed by atoms with Gasteiger partial charge in [0.25, 0.3) is 5.91 Å². The van der Waals surface area contributed by atoms with Gasteiger partial charge in [0.05, 0.1) is 5.56 Å². The molecule has 1 aliphatic rings. The van der Waals surface area contributed by atoms with Crippen molar-refractivity contribution in [1.29, 1.82) is 0 Å². The monoisotopic (exact) mass is 271 g/mol. The van der Waals surface area contributed by atoms with Crippen LogP contribution < -0.4 is 5.32 Å². The lowest BCUT2D eigenvalue weighted by molar-refractivity contribution is 0.0946. The second-order valence-corrected chi connectivity index (χ2v) is 4.63. The van der Waals surface area contributed by atoms with Gasteiger partial charge >= 0.3 is 0 Å². The lowest BCUT2D eigenvalue weighted by atomic mass is 10.1. The van der Waals surface area contributed by atoms with Crippen LogP contribution in [-0.2, 0) is 0 Å². The fourth-order valence-corrected chi connectivity index (χ4v) is 1.75. The van der Waals surface area contributed by atoms with Crippen molar-refractivity contribution >= 4 is 21.8 Å². The van der Waals surface area contributed by atoms with E-state index in [2.05, 4.69) is 21.2 Å². The van der Waals surface area contributed by atoms with Gasteiger partial charge in [0.2, 0.25) is 0 Å². The number of hydrogen-bond acceptors (Lipinski definition) is 1. The fourth-order valence-electron chi connectivity index (χ4n) is 1.42. The second-order valence-electron chi connectivity index (χ2n) is 3.78. The van der Waals surface area contributed by atoms with Gasteiger partial charge in [-0.25, -0.2) is 4.39 Å². The molecular weight excluding hydrogens is 261 g/mol. The molecule has 2 rings (SSSR count). The predicted molar refractivity (Wildman–Crippen MR) is 59.3 cm³/mol. The van der Waals surface area contributed by atoms with Gasteiger partial charge < -0.3 is 5.32 Å². The van der Waals surface area contributed by atoms with Crippen molar-refractivity contribution in [3.8, 4) is 0 Å². The number of benzene rings is 1. The van der Waals surface area contributed by atoms with Gasteiger partial charge in [0.1, 0.15) is 5.82 Å². The van der Waals surface area contributed by atoms with E-state index in [9.17, 15) is 9.18 Å². The molecule has 1 aromatic rings. The van der Waals surface area contributed by atoms with Crippen molar-refractivity contribution in [1.82, 2.24) is 5.32 Å². The molecule has 0 aromatic heterocycles. The van der Waals surface area contributed by atoms with Gasteiger partial charge in [-0.05, 0) is 37.5 Å². The smallest absolute Gasteiger partial charge is 0.254 e. The Labute approximate surface area is 96.0 Å². The molecule has 1 aromatic carbocycles. The average molecular weight is 272 g/mol. The SMILES string of the molecule is Cc1c(Br)ccc(F)c1C(=O)NC1CC1. The Morgan fingerprint density at radius 1 is 1.53 bits per heavy atom. The molecule has 0 saturated heterocycles. The molecule has 1 saturated carbocycles. The standard InChI is InChI=1S/C11H11BrFNO/c1-6-8(12)4-5-9(13)10(6)11(15)14-7-2-3-7/h4-5,7H,2-3H2,1H3,(H,14,15). The quantitative estimate of drug-likeness (QED) is 0.881. The fraction of sp³-hybridized carbons (Fsp3) is 0.364. The molecule has 1 fully saturated rings. The van der Waals surface area contributed by atoms with Gasteiger partial charge in [-0.3, -0.25) is 4.79 Å². The summed E-state index contributed by atoms with van der Waals surface area (Å²) in [5, 5.41) is 2.78. The first-order valence-corrected chi connectivity index (χ1v) is 5.64. The van der Waals surface area contributed by atoms with E-state index < -0.39 is 5.82 Å². The van der Waals surface area contributed by atoms with Crippen LogP contribution in [0.1, 0.15) is 28.8 Å². The molecule has 0 unspecified atom stereocenters. The van der Waals surface area contributed by atoms with Crippen LogP contribution in [0.2, 0.25) is 0 Å². The number of hydrogen-bond donors (Lipinski definition) is 1. The summed E-state index contributed by atoms with van der Waals surface area (Å²) in [6.07, 6.45) is 2.00. The van der Waals surface area contributed by atoms with Crippen molar-refractivity contribution in [2.45, 2.75) is 25.8 Å². The van der Waals surface area contributed by atoms with E-state index >= 15 is 0 Å². The van der Waals surface area contributed by atoms with Gasteiger partial charge in [0.15, 0.2) is 0 Å². The van der Waals surface area contributed by atoms with Crippen molar-refractivity contribution in [2.24, 2.45) is 0 Å². The highest BCUT2D eigenvalue weighted by Crippen LogP contribution is 2.24. The van der Waals surface area contributed by atoms with Crippen molar-refractivity contribution < 1.29 is 9.18 Å². The Balaban J connectivity index is 2.32. The second kappa shape index (κ2) is 3.93. The van der Waals surface area contributed by atoms with E-state index in [1.807, 2.05) is 0 Å². The largest absolute Gasteiger partial charge is 0.349 e. The van der Waals surface area contributed by atoms with Crippen LogP contribution in [0, 0.1) is 12.7 Å².